The Bertz CT molecular complexity index is 566. The molecule has 2 rings (SSSR count). The molecule has 0 saturated heterocycles. The van der Waals surface area contributed by atoms with Gasteiger partial charge in [0.2, 0.25) is 0 Å². The summed E-state index contributed by atoms with van der Waals surface area (Å²) in [6, 6.07) is 7.99. The quantitative estimate of drug-likeness (QED) is 0.829. The Kier molecular flexibility index (Phi) is 5.37. The van der Waals surface area contributed by atoms with Gasteiger partial charge < -0.3 is 10.2 Å². The number of likely N-dealkylation sites (N-methyl/N-ethyl adjacent to an activating group) is 1. The molecule has 0 saturated carbocycles. The van der Waals surface area contributed by atoms with Gasteiger partial charge in [0.05, 0.1) is 16.2 Å². The molecule has 0 fully saturated rings. The van der Waals surface area contributed by atoms with E-state index >= 15 is 0 Å². The summed E-state index contributed by atoms with van der Waals surface area (Å²) in [4.78, 5) is 6.65. The van der Waals surface area contributed by atoms with E-state index in [0.717, 1.165) is 28.2 Å². The number of hydrogen-bond donors (Lipinski definition) is 1. The third-order valence-corrected chi connectivity index (χ3v) is 4.82. The number of pyridine rings is 1. The average molecular weight is 403 g/mol. The molecule has 2 aromatic rings. The van der Waals surface area contributed by atoms with E-state index in [1.807, 2.05) is 38.2 Å². The highest BCUT2D eigenvalue weighted by molar-refractivity contribution is 9.13. The highest BCUT2D eigenvalue weighted by Gasteiger charge is 2.21. The Balaban J connectivity index is 2.15. The second-order valence-corrected chi connectivity index (χ2v) is 6.28. The zero-order valence-corrected chi connectivity index (χ0v) is 14.6. The van der Waals surface area contributed by atoms with Crippen LogP contribution in [0.2, 0.25) is 0 Å². The van der Waals surface area contributed by atoms with E-state index in [0.29, 0.717) is 11.2 Å². The van der Waals surface area contributed by atoms with E-state index in [-0.39, 0.29) is 6.04 Å². The molecular weight excluding hydrogens is 386 g/mol. The van der Waals surface area contributed by atoms with Crippen molar-refractivity contribution in [2.75, 3.05) is 13.6 Å². The molecule has 0 aliphatic rings. The summed E-state index contributed by atoms with van der Waals surface area (Å²) >= 11 is 6.78. The molecule has 20 heavy (non-hydrogen) atoms. The van der Waals surface area contributed by atoms with Crippen molar-refractivity contribution in [3.05, 3.63) is 50.6 Å². The van der Waals surface area contributed by atoms with Crippen LogP contribution in [0.3, 0.4) is 0 Å². The second-order valence-electron chi connectivity index (χ2n) is 4.71. The van der Waals surface area contributed by atoms with E-state index in [1.165, 1.54) is 0 Å². The molecule has 0 amide bonds. The minimum Gasteiger partial charge on any atom is -0.451 e. The lowest BCUT2D eigenvalue weighted by Crippen LogP contribution is -2.30. The first-order chi connectivity index (χ1) is 9.51. The predicted octanol–water partition coefficient (Wildman–Crippen LogP) is 3.64. The summed E-state index contributed by atoms with van der Waals surface area (Å²) in [5, 5.41) is 0. The van der Waals surface area contributed by atoms with Gasteiger partial charge >= 0.3 is 0 Å². The van der Waals surface area contributed by atoms with Gasteiger partial charge in [0.25, 0.3) is 0 Å². The van der Waals surface area contributed by atoms with Crippen molar-refractivity contribution in [3.63, 3.8) is 0 Å². The zero-order valence-electron chi connectivity index (χ0n) is 11.4. The van der Waals surface area contributed by atoms with E-state index in [1.54, 1.807) is 0 Å². The van der Waals surface area contributed by atoms with Crippen molar-refractivity contribution < 1.29 is 4.42 Å². The normalized spacial score (nSPS) is 12.9. The zero-order chi connectivity index (χ0) is 14.7. The number of aromatic nitrogens is 1. The summed E-state index contributed by atoms with van der Waals surface area (Å²) in [6.45, 7) is 3.19. The average Bonchev–Trinajstić information content (AvgIpc) is 2.70. The fourth-order valence-electron chi connectivity index (χ4n) is 2.09. The number of nitrogens with zero attached hydrogens (tertiary/aromatic N) is 2. The van der Waals surface area contributed by atoms with Crippen molar-refractivity contribution in [2.45, 2.75) is 19.5 Å². The molecule has 0 radical (unpaired) electrons. The van der Waals surface area contributed by atoms with E-state index < -0.39 is 0 Å². The topological polar surface area (TPSA) is 55.3 Å². The number of nitrogens with two attached hydrogens (primary N) is 1. The molecule has 0 bridgehead atoms. The number of furan rings is 1. The van der Waals surface area contributed by atoms with E-state index in [2.05, 4.69) is 41.7 Å². The SMILES string of the molecule is Cc1cccc(CN(C)C(CN)c2cc(Br)c(Br)o2)n1. The van der Waals surface area contributed by atoms with Gasteiger partial charge in [-0.3, -0.25) is 9.88 Å². The van der Waals surface area contributed by atoms with Gasteiger partial charge in [0, 0.05) is 18.8 Å². The van der Waals surface area contributed by atoms with Crippen molar-refractivity contribution in [3.8, 4) is 0 Å². The van der Waals surface area contributed by atoms with Crippen LogP contribution in [0.5, 0.6) is 0 Å². The van der Waals surface area contributed by atoms with E-state index in [4.69, 9.17) is 10.2 Å². The first-order valence-corrected chi connectivity index (χ1v) is 7.87. The van der Waals surface area contributed by atoms with Gasteiger partial charge in [-0.15, -0.1) is 0 Å². The Morgan fingerprint density at radius 3 is 2.70 bits per heavy atom. The van der Waals surface area contributed by atoms with Crippen LogP contribution < -0.4 is 5.73 Å². The lowest BCUT2D eigenvalue weighted by atomic mass is 10.2. The molecule has 108 valence electrons. The molecule has 0 aliphatic heterocycles. The Hall–Kier alpha value is -0.690. The molecule has 2 heterocycles. The summed E-state index contributed by atoms with van der Waals surface area (Å²) in [5.41, 5.74) is 7.94. The molecule has 2 aromatic heterocycles. The van der Waals surface area contributed by atoms with Gasteiger partial charge in [-0.1, -0.05) is 6.07 Å². The van der Waals surface area contributed by atoms with Crippen LogP contribution in [0.1, 0.15) is 23.2 Å². The predicted molar refractivity (Wildman–Crippen MR) is 86.3 cm³/mol. The summed E-state index contributed by atoms with van der Waals surface area (Å²) in [6.07, 6.45) is 0. The van der Waals surface area contributed by atoms with Crippen LogP contribution in [-0.2, 0) is 6.54 Å². The largest absolute Gasteiger partial charge is 0.451 e. The Morgan fingerprint density at radius 2 is 2.15 bits per heavy atom. The molecule has 0 aromatic carbocycles. The fourth-order valence-corrected chi connectivity index (χ4v) is 2.70. The standard InChI is InChI=1S/C14H17Br2N3O/c1-9-4-3-5-10(18-9)8-19(2)12(7-17)13-6-11(15)14(16)20-13/h3-6,12H,7-8,17H2,1-2H3. The number of halogens is 2. The molecular formula is C14H17Br2N3O. The Morgan fingerprint density at radius 1 is 1.40 bits per heavy atom. The van der Waals surface area contributed by atoms with E-state index in [9.17, 15) is 0 Å². The van der Waals surface area contributed by atoms with Crippen molar-refractivity contribution >= 4 is 31.9 Å². The van der Waals surface area contributed by atoms with Crippen LogP contribution in [0, 0.1) is 6.92 Å². The third kappa shape index (κ3) is 3.69. The number of hydrogen-bond acceptors (Lipinski definition) is 4. The van der Waals surface area contributed by atoms with Gasteiger partial charge in [-0.25, -0.2) is 0 Å². The van der Waals surface area contributed by atoms with Crippen LogP contribution >= 0.6 is 31.9 Å². The van der Waals surface area contributed by atoms with Gasteiger partial charge in [-0.2, -0.15) is 0 Å². The first kappa shape index (κ1) is 15.7. The molecule has 4 nitrogen and oxygen atoms in total. The number of rotatable bonds is 5. The highest BCUT2D eigenvalue weighted by Crippen LogP contribution is 2.31. The maximum Gasteiger partial charge on any atom is 0.183 e. The minimum absolute atomic E-state index is 0.0138. The Labute approximate surface area is 135 Å². The molecule has 2 N–H and O–H groups in total. The van der Waals surface area contributed by atoms with Crippen molar-refractivity contribution in [2.24, 2.45) is 5.73 Å². The monoisotopic (exact) mass is 401 g/mol. The second kappa shape index (κ2) is 6.85. The smallest absolute Gasteiger partial charge is 0.183 e. The molecule has 1 atom stereocenters. The summed E-state index contributed by atoms with van der Waals surface area (Å²) in [5.74, 6) is 0.835. The van der Waals surface area contributed by atoms with Crippen LogP contribution in [0.15, 0.2) is 37.8 Å². The molecule has 0 spiro atoms. The van der Waals surface area contributed by atoms with Gasteiger partial charge in [0.1, 0.15) is 5.76 Å². The third-order valence-electron chi connectivity index (χ3n) is 3.11. The molecule has 0 aliphatic carbocycles. The van der Waals surface area contributed by atoms with Crippen molar-refractivity contribution in [1.29, 1.82) is 0 Å². The fraction of sp³-hybridized carbons (Fsp3) is 0.357. The van der Waals surface area contributed by atoms with Gasteiger partial charge in [-0.05, 0) is 64.0 Å². The summed E-state index contributed by atoms with van der Waals surface area (Å²) < 4.78 is 7.26. The lowest BCUT2D eigenvalue weighted by Gasteiger charge is -2.24. The minimum atomic E-state index is 0.0138. The molecule has 1 unspecified atom stereocenters. The van der Waals surface area contributed by atoms with Gasteiger partial charge in [0.15, 0.2) is 4.67 Å². The lowest BCUT2D eigenvalue weighted by molar-refractivity contribution is 0.209. The first-order valence-electron chi connectivity index (χ1n) is 6.29. The molecule has 6 heteroatoms. The van der Waals surface area contributed by atoms with Crippen molar-refractivity contribution in [1.82, 2.24) is 9.88 Å². The summed E-state index contributed by atoms with van der Waals surface area (Å²) in [7, 11) is 2.02. The maximum atomic E-state index is 5.90. The highest BCUT2D eigenvalue weighted by atomic mass is 79.9. The van der Waals surface area contributed by atoms with Crippen LogP contribution in [-0.4, -0.2) is 23.5 Å². The van der Waals surface area contributed by atoms with Crippen LogP contribution in [0.25, 0.3) is 0 Å². The maximum absolute atomic E-state index is 5.90. The van der Waals surface area contributed by atoms with Crippen LogP contribution in [0.4, 0.5) is 0 Å². The number of aryl methyl sites for hydroxylation is 1.